The minimum Gasteiger partial charge on any atom is -0.0620 e. The highest BCUT2D eigenvalue weighted by Gasteiger charge is 2.02. The van der Waals surface area contributed by atoms with Crippen LogP contribution in [-0.4, -0.2) is 0 Å². The summed E-state index contributed by atoms with van der Waals surface area (Å²) >= 11 is 6.98. The van der Waals surface area contributed by atoms with Crippen LogP contribution in [0.15, 0.2) is 28.7 Å². The monoisotopic (exact) mass is 288 g/mol. The first-order chi connectivity index (χ1) is 5.63. The molecule has 0 bridgehead atoms. The summed E-state index contributed by atoms with van der Waals surface area (Å²) in [6.07, 6.45) is 0. The highest BCUT2D eigenvalue weighted by Crippen LogP contribution is 2.29. The Morgan fingerprint density at radius 3 is 2.25 bits per heavy atom. The zero-order valence-electron chi connectivity index (χ0n) is 7.07. The van der Waals surface area contributed by atoms with Gasteiger partial charge in [-0.1, -0.05) is 40.2 Å². The van der Waals surface area contributed by atoms with Crippen LogP contribution in [0.4, 0.5) is 0 Å². The van der Waals surface area contributed by atoms with Crippen molar-refractivity contribution in [1.82, 2.24) is 0 Å². The Balaban J connectivity index is 3.21. The summed E-state index contributed by atoms with van der Waals surface area (Å²) in [5.41, 5.74) is 2.52. The number of allylic oxidation sites excluding steroid dienone is 1. The van der Waals surface area contributed by atoms with Gasteiger partial charge in [0.1, 0.15) is 0 Å². The summed E-state index contributed by atoms with van der Waals surface area (Å²) in [6, 6.07) is 8.29. The second-order valence-corrected chi connectivity index (χ2v) is 4.64. The summed E-state index contributed by atoms with van der Waals surface area (Å²) in [4.78, 5) is 0. The molecule has 0 N–H and O–H groups in total. The van der Waals surface area contributed by atoms with Crippen molar-refractivity contribution in [2.45, 2.75) is 13.8 Å². The van der Waals surface area contributed by atoms with E-state index in [-0.39, 0.29) is 0 Å². The quantitative estimate of drug-likeness (QED) is 0.715. The fraction of sp³-hybridized carbons (Fsp3) is 0.200. The van der Waals surface area contributed by atoms with Gasteiger partial charge in [0.15, 0.2) is 0 Å². The van der Waals surface area contributed by atoms with Crippen molar-refractivity contribution in [3.8, 4) is 0 Å². The predicted octanol–water partition coefficient (Wildman–Crippen LogP) is 4.47. The van der Waals surface area contributed by atoms with Gasteiger partial charge in [-0.25, -0.2) is 0 Å². The Kier molecular flexibility index (Phi) is 3.53. The molecule has 0 heterocycles. The number of benzene rings is 1. The van der Waals surface area contributed by atoms with Crippen LogP contribution < -0.4 is 0 Å². The van der Waals surface area contributed by atoms with Crippen LogP contribution in [0, 0.1) is 6.92 Å². The van der Waals surface area contributed by atoms with Crippen LogP contribution >= 0.6 is 31.9 Å². The maximum atomic E-state index is 3.53. The fourth-order valence-corrected chi connectivity index (χ4v) is 1.66. The number of hydrogen-bond donors (Lipinski definition) is 0. The van der Waals surface area contributed by atoms with Gasteiger partial charge in [0.2, 0.25) is 0 Å². The molecule has 2 heteroatoms. The first-order valence-electron chi connectivity index (χ1n) is 3.71. The molecule has 0 atom stereocenters. The van der Waals surface area contributed by atoms with Crippen LogP contribution in [0.3, 0.4) is 0 Å². The smallest absolute Gasteiger partial charge is 0.0348 e. The lowest BCUT2D eigenvalue weighted by Gasteiger charge is -2.04. The van der Waals surface area contributed by atoms with Crippen molar-refractivity contribution >= 4 is 36.3 Å². The molecule has 0 fully saturated rings. The van der Waals surface area contributed by atoms with Crippen LogP contribution in [0.1, 0.15) is 18.1 Å². The molecule has 0 radical (unpaired) electrons. The minimum atomic E-state index is 1.12. The van der Waals surface area contributed by atoms with Gasteiger partial charge >= 0.3 is 0 Å². The van der Waals surface area contributed by atoms with E-state index >= 15 is 0 Å². The molecule has 1 aromatic carbocycles. The molecule has 1 rings (SSSR count). The minimum absolute atomic E-state index is 1.12. The molecule has 0 amide bonds. The molecule has 0 saturated heterocycles. The molecule has 12 heavy (non-hydrogen) atoms. The molecule has 0 nitrogen and oxygen atoms in total. The maximum Gasteiger partial charge on any atom is 0.0348 e. The molecule has 0 unspecified atom stereocenters. The van der Waals surface area contributed by atoms with Gasteiger partial charge in [-0.05, 0) is 40.9 Å². The van der Waals surface area contributed by atoms with Gasteiger partial charge in [0, 0.05) is 8.96 Å². The zero-order chi connectivity index (χ0) is 9.14. The topological polar surface area (TPSA) is 0 Å². The molecular formula is C10H10Br2. The Morgan fingerprint density at radius 1 is 1.17 bits per heavy atom. The normalized spacial score (nSPS) is 12.7. The molecule has 1 aromatic rings. The first kappa shape index (κ1) is 10.0. The molecular weight excluding hydrogens is 280 g/mol. The van der Waals surface area contributed by atoms with Crippen LogP contribution in [0.5, 0.6) is 0 Å². The van der Waals surface area contributed by atoms with Crippen molar-refractivity contribution < 1.29 is 0 Å². The Bertz CT molecular complexity index is 309. The average Bonchev–Trinajstić information content (AvgIpc) is 2.04. The lowest BCUT2D eigenvalue weighted by molar-refractivity contribution is 1.44. The highest BCUT2D eigenvalue weighted by molar-refractivity contribution is 9.16. The van der Waals surface area contributed by atoms with Gasteiger partial charge in [-0.2, -0.15) is 0 Å². The maximum absolute atomic E-state index is 3.53. The number of halogens is 2. The van der Waals surface area contributed by atoms with E-state index in [1.807, 2.05) is 19.1 Å². The van der Waals surface area contributed by atoms with E-state index in [0.717, 1.165) is 8.96 Å². The second kappa shape index (κ2) is 4.24. The molecule has 0 aromatic heterocycles. The lowest BCUT2D eigenvalue weighted by Crippen LogP contribution is -1.82. The largest absolute Gasteiger partial charge is 0.0620 e. The second-order valence-electron chi connectivity index (χ2n) is 2.66. The van der Waals surface area contributed by atoms with Crippen molar-refractivity contribution in [2.75, 3.05) is 0 Å². The van der Waals surface area contributed by atoms with Gasteiger partial charge in [-0.15, -0.1) is 0 Å². The summed E-state index contributed by atoms with van der Waals surface area (Å²) in [7, 11) is 0. The number of aryl methyl sites for hydroxylation is 1. The average molecular weight is 290 g/mol. The third-order valence-corrected chi connectivity index (χ3v) is 3.63. The first-order valence-corrected chi connectivity index (χ1v) is 5.29. The highest BCUT2D eigenvalue weighted by atomic mass is 79.9. The van der Waals surface area contributed by atoms with Crippen molar-refractivity contribution in [1.29, 1.82) is 0 Å². The van der Waals surface area contributed by atoms with Crippen LogP contribution in [0.2, 0.25) is 0 Å². The van der Waals surface area contributed by atoms with Crippen LogP contribution in [-0.2, 0) is 0 Å². The van der Waals surface area contributed by atoms with E-state index in [4.69, 9.17) is 0 Å². The molecule has 0 aliphatic heterocycles. The van der Waals surface area contributed by atoms with Gasteiger partial charge in [0.05, 0.1) is 0 Å². The van der Waals surface area contributed by atoms with E-state index < -0.39 is 0 Å². The van der Waals surface area contributed by atoms with E-state index in [1.54, 1.807) is 0 Å². The van der Waals surface area contributed by atoms with Crippen molar-refractivity contribution in [2.24, 2.45) is 0 Å². The summed E-state index contributed by atoms with van der Waals surface area (Å²) < 4.78 is 2.25. The Hall–Kier alpha value is -0.0800. The predicted molar refractivity (Wildman–Crippen MR) is 61.6 cm³/mol. The lowest BCUT2D eigenvalue weighted by atomic mass is 10.1. The van der Waals surface area contributed by atoms with E-state index in [0.29, 0.717) is 0 Å². The van der Waals surface area contributed by atoms with Gasteiger partial charge in [0.25, 0.3) is 0 Å². The third-order valence-electron chi connectivity index (χ3n) is 1.68. The third kappa shape index (κ3) is 2.20. The zero-order valence-corrected chi connectivity index (χ0v) is 10.2. The molecule has 0 saturated carbocycles. The molecule has 0 aliphatic rings. The standard InChI is InChI=1S/C10H10Br2/c1-7-5-3-4-6-9(7)10(12)8(2)11/h3-6H,1-2H3/b10-8-. The molecule has 0 spiro atoms. The molecule has 64 valence electrons. The fourth-order valence-electron chi connectivity index (χ4n) is 1.00. The van der Waals surface area contributed by atoms with E-state index in [9.17, 15) is 0 Å². The summed E-state index contributed by atoms with van der Waals surface area (Å²) in [5, 5.41) is 0. The van der Waals surface area contributed by atoms with E-state index in [1.165, 1.54) is 11.1 Å². The SMILES string of the molecule is C/C(Br)=C(/Br)c1ccccc1C. The van der Waals surface area contributed by atoms with Gasteiger partial charge in [-0.3, -0.25) is 0 Å². The summed E-state index contributed by atoms with van der Waals surface area (Å²) in [6.45, 7) is 4.13. The number of hydrogen-bond acceptors (Lipinski definition) is 0. The Labute approximate surface area is 89.9 Å². The molecule has 0 aliphatic carbocycles. The van der Waals surface area contributed by atoms with Crippen molar-refractivity contribution in [3.63, 3.8) is 0 Å². The Morgan fingerprint density at radius 2 is 1.75 bits per heavy atom. The summed E-state index contributed by atoms with van der Waals surface area (Å²) in [5.74, 6) is 0. The van der Waals surface area contributed by atoms with E-state index in [2.05, 4.69) is 50.9 Å². The number of rotatable bonds is 1. The van der Waals surface area contributed by atoms with Gasteiger partial charge < -0.3 is 0 Å². The van der Waals surface area contributed by atoms with Crippen LogP contribution in [0.25, 0.3) is 4.48 Å². The van der Waals surface area contributed by atoms with Crippen molar-refractivity contribution in [3.05, 3.63) is 39.9 Å².